The molecule has 0 aliphatic heterocycles. The van der Waals surface area contributed by atoms with E-state index in [4.69, 9.17) is 4.74 Å². The normalized spacial score (nSPS) is 13.2. The molecule has 0 aromatic heterocycles. The minimum absolute atomic E-state index is 0.0679. The summed E-state index contributed by atoms with van der Waals surface area (Å²) >= 11 is 0. The molecule has 3 nitrogen and oxygen atoms in total. The zero-order valence-corrected chi connectivity index (χ0v) is 11.2. The number of ether oxygens (including phenoxy) is 1. The molecule has 3 heteroatoms. The maximum Gasteiger partial charge on any atom is 0.179 e. The van der Waals surface area contributed by atoms with Gasteiger partial charge in [-0.15, -0.1) is 0 Å². The smallest absolute Gasteiger partial charge is 0.179 e. The van der Waals surface area contributed by atoms with Gasteiger partial charge in [-0.05, 0) is 52.0 Å². The fourth-order valence-corrected chi connectivity index (χ4v) is 1.72. The topological polar surface area (TPSA) is 38.3 Å². The molecule has 0 saturated carbocycles. The van der Waals surface area contributed by atoms with Gasteiger partial charge in [-0.2, -0.15) is 0 Å². The molecule has 0 bridgehead atoms. The van der Waals surface area contributed by atoms with E-state index in [1.54, 1.807) is 31.4 Å². The fraction of sp³-hybridized carbons (Fsp3) is 0.500. The van der Waals surface area contributed by atoms with E-state index < -0.39 is 0 Å². The number of Topliss-reactive ketones (excluding diaryl/α,β-unsaturated/α-hetero) is 1. The van der Waals surface area contributed by atoms with Gasteiger partial charge in [-0.3, -0.25) is 4.79 Å². The maximum absolute atomic E-state index is 12.1. The van der Waals surface area contributed by atoms with E-state index >= 15 is 0 Å². The van der Waals surface area contributed by atoms with E-state index in [1.807, 2.05) is 27.7 Å². The van der Waals surface area contributed by atoms with Gasteiger partial charge in [0.15, 0.2) is 5.78 Å². The summed E-state index contributed by atoms with van der Waals surface area (Å²) in [5.41, 5.74) is 0.636. The fourth-order valence-electron chi connectivity index (χ4n) is 1.72. The SMILES string of the molecule is COc1ccc(C(=O)C(C)NC(C)(C)C)cc1. The van der Waals surface area contributed by atoms with Crippen LogP contribution in [-0.2, 0) is 0 Å². The summed E-state index contributed by atoms with van der Waals surface area (Å²) in [7, 11) is 1.61. The molecule has 1 unspecified atom stereocenters. The zero-order valence-electron chi connectivity index (χ0n) is 11.2. The first-order chi connectivity index (χ1) is 7.83. The van der Waals surface area contributed by atoms with Crippen molar-refractivity contribution in [2.45, 2.75) is 39.3 Å². The van der Waals surface area contributed by atoms with Gasteiger partial charge in [-0.1, -0.05) is 0 Å². The third-order valence-corrected chi connectivity index (χ3v) is 2.42. The first kappa shape index (κ1) is 13.7. The van der Waals surface area contributed by atoms with Crippen molar-refractivity contribution in [2.24, 2.45) is 0 Å². The van der Waals surface area contributed by atoms with Crippen molar-refractivity contribution in [1.29, 1.82) is 0 Å². The van der Waals surface area contributed by atoms with Crippen molar-refractivity contribution < 1.29 is 9.53 Å². The Labute approximate surface area is 103 Å². The zero-order chi connectivity index (χ0) is 13.1. The van der Waals surface area contributed by atoms with Crippen molar-refractivity contribution in [2.75, 3.05) is 7.11 Å². The van der Waals surface area contributed by atoms with Gasteiger partial charge in [0.25, 0.3) is 0 Å². The Balaban J connectivity index is 2.75. The second-order valence-corrected chi connectivity index (χ2v) is 5.21. The van der Waals surface area contributed by atoms with Crippen molar-refractivity contribution in [3.05, 3.63) is 29.8 Å². The summed E-state index contributed by atoms with van der Waals surface area (Å²) in [4.78, 5) is 12.1. The minimum Gasteiger partial charge on any atom is -0.497 e. The van der Waals surface area contributed by atoms with E-state index in [9.17, 15) is 4.79 Å². The lowest BCUT2D eigenvalue weighted by Gasteiger charge is -2.25. The highest BCUT2D eigenvalue weighted by atomic mass is 16.5. The third-order valence-electron chi connectivity index (χ3n) is 2.42. The van der Waals surface area contributed by atoms with Crippen LogP contribution in [0.1, 0.15) is 38.1 Å². The molecule has 0 aliphatic rings. The Bertz CT molecular complexity index is 376. The van der Waals surface area contributed by atoms with Crippen LogP contribution in [0, 0.1) is 0 Å². The molecular formula is C14H21NO2. The lowest BCUT2D eigenvalue weighted by Crippen LogP contribution is -2.46. The van der Waals surface area contributed by atoms with Crippen LogP contribution in [0.2, 0.25) is 0 Å². The van der Waals surface area contributed by atoms with Gasteiger partial charge in [0, 0.05) is 11.1 Å². The highest BCUT2D eigenvalue weighted by molar-refractivity contribution is 5.99. The lowest BCUT2D eigenvalue weighted by molar-refractivity contribution is 0.0935. The van der Waals surface area contributed by atoms with E-state index in [2.05, 4.69) is 5.32 Å². The number of carbonyl (C=O) groups is 1. The molecule has 0 amide bonds. The molecule has 1 aromatic rings. The summed E-state index contributed by atoms with van der Waals surface area (Å²) in [5, 5.41) is 3.27. The molecular weight excluding hydrogens is 214 g/mol. The second kappa shape index (κ2) is 5.32. The van der Waals surface area contributed by atoms with E-state index in [0.29, 0.717) is 5.56 Å². The van der Waals surface area contributed by atoms with Crippen LogP contribution < -0.4 is 10.1 Å². The Hall–Kier alpha value is -1.35. The molecule has 1 aromatic carbocycles. The van der Waals surface area contributed by atoms with Gasteiger partial charge in [-0.25, -0.2) is 0 Å². The van der Waals surface area contributed by atoms with Crippen LogP contribution in [0.25, 0.3) is 0 Å². The first-order valence-corrected chi connectivity index (χ1v) is 5.79. The highest BCUT2D eigenvalue weighted by Crippen LogP contribution is 2.13. The second-order valence-electron chi connectivity index (χ2n) is 5.21. The number of methoxy groups -OCH3 is 1. The average Bonchev–Trinajstić information content (AvgIpc) is 2.26. The largest absolute Gasteiger partial charge is 0.497 e. The van der Waals surface area contributed by atoms with E-state index in [-0.39, 0.29) is 17.4 Å². The predicted molar refractivity (Wildman–Crippen MR) is 69.7 cm³/mol. The van der Waals surface area contributed by atoms with Crippen LogP contribution in [0.4, 0.5) is 0 Å². The number of ketones is 1. The van der Waals surface area contributed by atoms with Crippen molar-refractivity contribution >= 4 is 5.78 Å². The molecule has 94 valence electrons. The van der Waals surface area contributed by atoms with Crippen molar-refractivity contribution in [3.8, 4) is 5.75 Å². The van der Waals surface area contributed by atoms with Crippen LogP contribution >= 0.6 is 0 Å². The summed E-state index contributed by atoms with van der Waals surface area (Å²) in [5.74, 6) is 0.862. The Morgan fingerprint density at radius 2 is 1.76 bits per heavy atom. The molecule has 1 N–H and O–H groups in total. The van der Waals surface area contributed by atoms with E-state index in [0.717, 1.165) is 5.75 Å². The van der Waals surface area contributed by atoms with Crippen LogP contribution in [-0.4, -0.2) is 24.5 Å². The Morgan fingerprint density at radius 1 is 1.24 bits per heavy atom. The van der Waals surface area contributed by atoms with Crippen molar-refractivity contribution in [3.63, 3.8) is 0 Å². The van der Waals surface area contributed by atoms with Gasteiger partial charge in [0.2, 0.25) is 0 Å². The van der Waals surface area contributed by atoms with Crippen molar-refractivity contribution in [1.82, 2.24) is 5.32 Å². The third kappa shape index (κ3) is 4.19. The lowest BCUT2D eigenvalue weighted by atomic mass is 10.0. The predicted octanol–water partition coefficient (Wildman–Crippen LogP) is 2.65. The summed E-state index contributed by atoms with van der Waals surface area (Å²) in [6.07, 6.45) is 0. The molecule has 0 saturated heterocycles. The van der Waals surface area contributed by atoms with Gasteiger partial charge in [0.05, 0.1) is 13.2 Å². The standard InChI is InChI=1S/C14H21NO2/c1-10(15-14(2,3)4)13(16)11-6-8-12(17-5)9-7-11/h6-10,15H,1-5H3. The molecule has 0 fully saturated rings. The minimum atomic E-state index is -0.191. The quantitative estimate of drug-likeness (QED) is 0.815. The maximum atomic E-state index is 12.1. The number of benzene rings is 1. The molecule has 1 rings (SSSR count). The molecule has 0 aliphatic carbocycles. The van der Waals surface area contributed by atoms with Crippen LogP contribution in [0.5, 0.6) is 5.75 Å². The number of hydrogen-bond donors (Lipinski definition) is 1. The molecule has 17 heavy (non-hydrogen) atoms. The number of hydrogen-bond acceptors (Lipinski definition) is 3. The first-order valence-electron chi connectivity index (χ1n) is 5.79. The van der Waals surface area contributed by atoms with Crippen LogP contribution in [0.15, 0.2) is 24.3 Å². The number of nitrogens with one attached hydrogen (secondary N) is 1. The molecule has 0 heterocycles. The molecule has 0 spiro atoms. The highest BCUT2D eigenvalue weighted by Gasteiger charge is 2.20. The van der Waals surface area contributed by atoms with Gasteiger partial charge >= 0.3 is 0 Å². The average molecular weight is 235 g/mol. The Kier molecular flexibility index (Phi) is 4.29. The van der Waals surface area contributed by atoms with E-state index in [1.165, 1.54) is 0 Å². The summed E-state index contributed by atoms with van der Waals surface area (Å²) in [6, 6.07) is 7.00. The van der Waals surface area contributed by atoms with Gasteiger partial charge < -0.3 is 10.1 Å². The summed E-state index contributed by atoms with van der Waals surface area (Å²) < 4.78 is 5.06. The number of carbonyl (C=O) groups excluding carboxylic acids is 1. The Morgan fingerprint density at radius 3 is 2.18 bits per heavy atom. The number of rotatable bonds is 4. The monoisotopic (exact) mass is 235 g/mol. The molecule has 1 atom stereocenters. The van der Waals surface area contributed by atoms with Gasteiger partial charge in [0.1, 0.15) is 5.75 Å². The van der Waals surface area contributed by atoms with Crippen LogP contribution in [0.3, 0.4) is 0 Å². The summed E-state index contributed by atoms with van der Waals surface area (Å²) in [6.45, 7) is 8.03. The molecule has 0 radical (unpaired) electrons.